The van der Waals surface area contributed by atoms with Gasteiger partial charge in [-0.1, -0.05) is 32.0 Å². The van der Waals surface area contributed by atoms with Crippen LogP contribution in [-0.2, 0) is 4.79 Å². The van der Waals surface area contributed by atoms with Gasteiger partial charge in [0.2, 0.25) is 6.41 Å². The number of para-hydroxylation sites is 1. The van der Waals surface area contributed by atoms with Crippen molar-refractivity contribution in [1.29, 1.82) is 0 Å². The first-order valence-electron chi connectivity index (χ1n) is 8.77. The molecule has 7 heteroatoms. The van der Waals surface area contributed by atoms with E-state index in [-0.39, 0.29) is 5.91 Å². The van der Waals surface area contributed by atoms with Crippen molar-refractivity contribution < 1.29 is 9.59 Å². The number of carbonyl (C=O) groups excluding carboxylic acids is 2. The summed E-state index contributed by atoms with van der Waals surface area (Å²) in [7, 11) is 0. The summed E-state index contributed by atoms with van der Waals surface area (Å²) in [6, 6.07) is 11.5. The number of nitrogens with one attached hydrogen (secondary N) is 1. The molecule has 0 radical (unpaired) electrons. The van der Waals surface area contributed by atoms with Crippen LogP contribution < -0.4 is 5.32 Å². The quantitative estimate of drug-likeness (QED) is 0.834. The summed E-state index contributed by atoms with van der Waals surface area (Å²) < 4.78 is 0. The molecule has 0 atom stereocenters. The summed E-state index contributed by atoms with van der Waals surface area (Å²) in [5.74, 6) is 0.829. The normalized spacial score (nSPS) is 14.4. The lowest BCUT2D eigenvalue weighted by molar-refractivity contribution is -0.119. The molecule has 0 bridgehead atoms. The second kappa shape index (κ2) is 7.95. The Morgan fingerprint density at radius 3 is 2.42 bits per heavy atom. The van der Waals surface area contributed by atoms with E-state index in [2.05, 4.69) is 35.4 Å². The first kappa shape index (κ1) is 17.8. The molecule has 0 unspecified atom stereocenters. The highest BCUT2D eigenvalue weighted by Gasteiger charge is 2.22. The molecule has 2 aromatic rings. The second-order valence-corrected chi connectivity index (χ2v) is 6.60. The lowest BCUT2D eigenvalue weighted by Gasteiger charge is -2.32. The van der Waals surface area contributed by atoms with Crippen LogP contribution in [0.4, 0.5) is 11.5 Å². The Morgan fingerprint density at radius 1 is 1.08 bits per heavy atom. The molecule has 1 fully saturated rings. The number of carbonyl (C=O) groups is 2. The van der Waals surface area contributed by atoms with Gasteiger partial charge in [-0.05, 0) is 29.7 Å². The number of rotatable bonds is 5. The molecular weight excluding hydrogens is 330 g/mol. The van der Waals surface area contributed by atoms with E-state index in [0.29, 0.717) is 43.6 Å². The number of hydrogen-bond acceptors (Lipinski definition) is 5. The van der Waals surface area contributed by atoms with E-state index in [4.69, 9.17) is 0 Å². The molecule has 0 aliphatic carbocycles. The maximum absolute atomic E-state index is 12.5. The van der Waals surface area contributed by atoms with E-state index in [1.165, 1.54) is 5.56 Å². The summed E-state index contributed by atoms with van der Waals surface area (Å²) >= 11 is 0. The van der Waals surface area contributed by atoms with E-state index in [0.717, 1.165) is 12.1 Å². The minimum absolute atomic E-state index is 0.155. The highest BCUT2D eigenvalue weighted by molar-refractivity contribution is 5.92. The molecule has 2 heterocycles. The standard InChI is InChI=1S/C19H23N5O2/c1-14(2)15-5-3-4-6-16(15)20-18-8-7-17(21-22-18)19(26)24-11-9-23(13-25)10-12-24/h3-8,13-14H,9-12H2,1-2H3,(H,20,22). The smallest absolute Gasteiger partial charge is 0.274 e. The van der Waals surface area contributed by atoms with Crippen LogP contribution in [0.1, 0.15) is 35.8 Å². The summed E-state index contributed by atoms with van der Waals surface area (Å²) in [6.45, 7) is 6.40. The van der Waals surface area contributed by atoms with Gasteiger partial charge >= 0.3 is 0 Å². The monoisotopic (exact) mass is 353 g/mol. The molecule has 1 saturated heterocycles. The van der Waals surface area contributed by atoms with Gasteiger partial charge in [-0.2, -0.15) is 0 Å². The highest BCUT2D eigenvalue weighted by Crippen LogP contribution is 2.26. The molecule has 0 saturated carbocycles. The minimum atomic E-state index is -0.155. The second-order valence-electron chi connectivity index (χ2n) is 6.60. The average Bonchev–Trinajstić information content (AvgIpc) is 2.68. The first-order valence-corrected chi connectivity index (χ1v) is 8.77. The van der Waals surface area contributed by atoms with Crippen molar-refractivity contribution in [2.24, 2.45) is 0 Å². The van der Waals surface area contributed by atoms with Gasteiger partial charge < -0.3 is 15.1 Å². The molecule has 1 aliphatic heterocycles. The number of aromatic nitrogens is 2. The maximum atomic E-state index is 12.5. The first-order chi connectivity index (χ1) is 12.6. The SMILES string of the molecule is CC(C)c1ccccc1Nc1ccc(C(=O)N2CCN(C=O)CC2)nn1. The van der Waals surface area contributed by atoms with Gasteiger partial charge in [0.15, 0.2) is 11.5 Å². The Balaban J connectivity index is 1.67. The summed E-state index contributed by atoms with van der Waals surface area (Å²) in [5, 5.41) is 11.5. The van der Waals surface area contributed by atoms with Gasteiger partial charge in [0, 0.05) is 31.9 Å². The Morgan fingerprint density at radius 2 is 1.81 bits per heavy atom. The van der Waals surface area contributed by atoms with Crippen molar-refractivity contribution in [3.05, 3.63) is 47.7 Å². The Labute approximate surface area is 153 Å². The average molecular weight is 353 g/mol. The largest absolute Gasteiger partial charge is 0.342 e. The molecule has 26 heavy (non-hydrogen) atoms. The van der Waals surface area contributed by atoms with Gasteiger partial charge in [0.1, 0.15) is 0 Å². The van der Waals surface area contributed by atoms with Crippen LogP contribution in [0.15, 0.2) is 36.4 Å². The van der Waals surface area contributed by atoms with Crippen molar-refractivity contribution in [2.45, 2.75) is 19.8 Å². The van der Waals surface area contributed by atoms with Crippen LogP contribution in [0, 0.1) is 0 Å². The summed E-state index contributed by atoms with van der Waals surface area (Å²) in [5.41, 5.74) is 2.50. The molecule has 136 valence electrons. The van der Waals surface area contributed by atoms with Gasteiger partial charge in [0.25, 0.3) is 5.91 Å². The number of anilines is 2. The van der Waals surface area contributed by atoms with Crippen molar-refractivity contribution in [3.63, 3.8) is 0 Å². The fraction of sp³-hybridized carbons (Fsp3) is 0.368. The topological polar surface area (TPSA) is 78.4 Å². The zero-order valence-corrected chi connectivity index (χ0v) is 15.1. The van der Waals surface area contributed by atoms with E-state index >= 15 is 0 Å². The molecular formula is C19H23N5O2. The molecule has 1 aliphatic rings. The minimum Gasteiger partial charge on any atom is -0.342 e. The third kappa shape index (κ3) is 3.99. The number of amides is 2. The molecule has 1 N–H and O–H groups in total. The van der Waals surface area contributed by atoms with Crippen molar-refractivity contribution in [2.75, 3.05) is 31.5 Å². The molecule has 0 spiro atoms. The molecule has 2 amide bonds. The summed E-state index contributed by atoms with van der Waals surface area (Å²) in [4.78, 5) is 26.6. The number of benzene rings is 1. The van der Waals surface area contributed by atoms with E-state index < -0.39 is 0 Å². The molecule has 1 aromatic carbocycles. The van der Waals surface area contributed by atoms with Gasteiger partial charge in [-0.15, -0.1) is 10.2 Å². The van der Waals surface area contributed by atoms with Crippen LogP contribution in [0.5, 0.6) is 0 Å². The van der Waals surface area contributed by atoms with Crippen LogP contribution in [0.2, 0.25) is 0 Å². The maximum Gasteiger partial charge on any atom is 0.274 e. The van der Waals surface area contributed by atoms with Gasteiger partial charge in [-0.3, -0.25) is 9.59 Å². The van der Waals surface area contributed by atoms with Gasteiger partial charge in [0.05, 0.1) is 0 Å². The fourth-order valence-corrected chi connectivity index (χ4v) is 2.96. The van der Waals surface area contributed by atoms with Crippen molar-refractivity contribution in [1.82, 2.24) is 20.0 Å². The molecule has 1 aromatic heterocycles. The van der Waals surface area contributed by atoms with E-state index in [1.807, 2.05) is 18.2 Å². The molecule has 3 rings (SSSR count). The van der Waals surface area contributed by atoms with Crippen LogP contribution in [-0.4, -0.2) is 58.5 Å². The Hall–Kier alpha value is -2.96. The van der Waals surface area contributed by atoms with E-state index in [1.54, 1.807) is 21.9 Å². The predicted molar refractivity (Wildman–Crippen MR) is 99.4 cm³/mol. The van der Waals surface area contributed by atoms with Crippen LogP contribution in [0.3, 0.4) is 0 Å². The van der Waals surface area contributed by atoms with Gasteiger partial charge in [-0.25, -0.2) is 0 Å². The third-order valence-corrected chi connectivity index (χ3v) is 4.48. The zero-order chi connectivity index (χ0) is 18.5. The Kier molecular flexibility index (Phi) is 5.46. The lowest BCUT2D eigenvalue weighted by atomic mass is 10.0. The zero-order valence-electron chi connectivity index (χ0n) is 15.1. The third-order valence-electron chi connectivity index (χ3n) is 4.48. The van der Waals surface area contributed by atoms with E-state index in [9.17, 15) is 9.59 Å². The van der Waals surface area contributed by atoms with Crippen LogP contribution in [0.25, 0.3) is 0 Å². The van der Waals surface area contributed by atoms with Crippen molar-refractivity contribution in [3.8, 4) is 0 Å². The highest BCUT2D eigenvalue weighted by atomic mass is 16.2. The van der Waals surface area contributed by atoms with Crippen LogP contribution >= 0.6 is 0 Å². The summed E-state index contributed by atoms with van der Waals surface area (Å²) in [6.07, 6.45) is 0.817. The predicted octanol–water partition coefficient (Wildman–Crippen LogP) is 2.26. The lowest BCUT2D eigenvalue weighted by Crippen LogP contribution is -2.48. The Bertz CT molecular complexity index is 768. The number of piperazine rings is 1. The molecule has 7 nitrogen and oxygen atoms in total. The fourth-order valence-electron chi connectivity index (χ4n) is 2.96. The van der Waals surface area contributed by atoms with Crippen molar-refractivity contribution >= 4 is 23.8 Å². The number of nitrogens with zero attached hydrogens (tertiary/aromatic N) is 4. The number of hydrogen-bond donors (Lipinski definition) is 1.